The first kappa shape index (κ1) is 16.2. The van der Waals surface area contributed by atoms with Gasteiger partial charge in [0.2, 0.25) is 0 Å². The molecule has 2 amide bonds. The lowest BCUT2D eigenvalue weighted by atomic mass is 9.53. The number of ether oxygens (including phenoxy) is 1. The second kappa shape index (κ2) is 6.57. The van der Waals surface area contributed by atoms with Crippen LogP contribution in [0.15, 0.2) is 0 Å². The van der Waals surface area contributed by atoms with E-state index < -0.39 is 0 Å². The summed E-state index contributed by atoms with van der Waals surface area (Å²) < 4.78 is 5.60. The lowest BCUT2D eigenvalue weighted by Gasteiger charge is -2.59. The number of carbonyl (C=O) groups is 1. The van der Waals surface area contributed by atoms with E-state index in [4.69, 9.17) is 9.84 Å². The summed E-state index contributed by atoms with van der Waals surface area (Å²) in [5.41, 5.74) is 0.0218. The third-order valence-electron chi connectivity index (χ3n) is 4.70. The highest BCUT2D eigenvalue weighted by Crippen LogP contribution is 2.52. The van der Waals surface area contributed by atoms with Crippen molar-refractivity contribution in [1.82, 2.24) is 10.6 Å². The lowest BCUT2D eigenvalue weighted by Crippen LogP contribution is -2.71. The molecule has 3 N–H and O–H groups in total. The van der Waals surface area contributed by atoms with Crippen molar-refractivity contribution in [3.8, 4) is 0 Å². The molecular weight excluding hydrogens is 244 g/mol. The largest absolute Gasteiger partial charge is 0.394 e. The average Bonchev–Trinajstić information content (AvgIpc) is 2.41. The number of hydrogen-bond acceptors (Lipinski definition) is 3. The van der Waals surface area contributed by atoms with Gasteiger partial charge in [-0.3, -0.25) is 0 Å². The summed E-state index contributed by atoms with van der Waals surface area (Å²) in [7, 11) is 1.74. The molecule has 5 heteroatoms. The second-order valence-electron chi connectivity index (χ2n) is 5.63. The molecule has 0 bridgehead atoms. The van der Waals surface area contributed by atoms with Crippen molar-refractivity contribution in [3.05, 3.63) is 0 Å². The molecule has 0 radical (unpaired) electrons. The van der Waals surface area contributed by atoms with Gasteiger partial charge < -0.3 is 20.5 Å². The van der Waals surface area contributed by atoms with Gasteiger partial charge in [-0.25, -0.2) is 4.79 Å². The first-order valence-electron chi connectivity index (χ1n) is 7.17. The molecule has 19 heavy (non-hydrogen) atoms. The zero-order chi connectivity index (χ0) is 14.6. The highest BCUT2D eigenvalue weighted by atomic mass is 16.5. The van der Waals surface area contributed by atoms with Gasteiger partial charge in [-0.05, 0) is 19.8 Å². The van der Waals surface area contributed by atoms with Crippen LogP contribution in [0.5, 0.6) is 0 Å². The predicted octanol–water partition coefficient (Wildman–Crippen LogP) is 1.51. The van der Waals surface area contributed by atoms with Gasteiger partial charge in [-0.15, -0.1) is 0 Å². The highest BCUT2D eigenvalue weighted by Gasteiger charge is 2.58. The molecular formula is C14H28N2O3. The Bertz CT molecular complexity index is 305. The number of hydrogen-bond donors (Lipinski definition) is 3. The number of carbonyl (C=O) groups excluding carboxylic acids is 1. The first-order valence-corrected chi connectivity index (χ1v) is 7.17. The molecule has 1 aliphatic carbocycles. The molecule has 1 fully saturated rings. The number of amides is 2. The Morgan fingerprint density at radius 1 is 1.42 bits per heavy atom. The summed E-state index contributed by atoms with van der Waals surface area (Å²) in [4.78, 5) is 11.9. The highest BCUT2D eigenvalue weighted by molar-refractivity contribution is 5.75. The van der Waals surface area contributed by atoms with E-state index in [1.54, 1.807) is 14.0 Å². The van der Waals surface area contributed by atoms with Crippen LogP contribution in [0.1, 0.15) is 40.5 Å². The van der Waals surface area contributed by atoms with Gasteiger partial charge in [0.1, 0.15) is 0 Å². The summed E-state index contributed by atoms with van der Waals surface area (Å²) in [6.45, 7) is 8.11. The molecule has 0 aromatic heterocycles. The maximum atomic E-state index is 11.9. The van der Waals surface area contributed by atoms with Gasteiger partial charge in [0.05, 0.1) is 18.8 Å². The number of methoxy groups -OCH3 is 1. The van der Waals surface area contributed by atoms with E-state index in [0.717, 1.165) is 12.8 Å². The first-order chi connectivity index (χ1) is 8.96. The Morgan fingerprint density at radius 2 is 2.00 bits per heavy atom. The van der Waals surface area contributed by atoms with Crippen LogP contribution >= 0.6 is 0 Å². The SMILES string of the molecule is CCC1(CC)C(NC(=O)NC(C)CO)C(C)C1OC. The van der Waals surface area contributed by atoms with Crippen molar-refractivity contribution in [1.29, 1.82) is 0 Å². The maximum absolute atomic E-state index is 11.9. The average molecular weight is 272 g/mol. The van der Waals surface area contributed by atoms with Crippen molar-refractivity contribution in [2.45, 2.75) is 58.7 Å². The molecule has 0 heterocycles. The van der Waals surface area contributed by atoms with Gasteiger partial charge in [-0.2, -0.15) is 0 Å². The molecule has 1 aliphatic rings. The minimum atomic E-state index is -0.230. The Kier molecular flexibility index (Phi) is 5.62. The monoisotopic (exact) mass is 272 g/mol. The summed E-state index contributed by atoms with van der Waals surface area (Å²) in [6, 6.07) is -0.316. The summed E-state index contributed by atoms with van der Waals surface area (Å²) in [6.07, 6.45) is 2.16. The van der Waals surface area contributed by atoms with E-state index in [0.29, 0.717) is 5.92 Å². The molecule has 0 aromatic carbocycles. The van der Waals surface area contributed by atoms with E-state index >= 15 is 0 Å². The fraction of sp³-hybridized carbons (Fsp3) is 0.929. The molecule has 5 nitrogen and oxygen atoms in total. The van der Waals surface area contributed by atoms with Crippen LogP contribution < -0.4 is 10.6 Å². The molecule has 1 rings (SSSR count). The van der Waals surface area contributed by atoms with E-state index in [1.807, 2.05) is 0 Å². The van der Waals surface area contributed by atoms with Crippen LogP contribution in [-0.2, 0) is 4.74 Å². The van der Waals surface area contributed by atoms with Crippen LogP contribution in [-0.4, -0.2) is 43.0 Å². The fourth-order valence-corrected chi connectivity index (χ4v) is 3.55. The smallest absolute Gasteiger partial charge is 0.315 e. The second-order valence-corrected chi connectivity index (χ2v) is 5.63. The lowest BCUT2D eigenvalue weighted by molar-refractivity contribution is -0.164. The third-order valence-corrected chi connectivity index (χ3v) is 4.70. The Labute approximate surface area is 116 Å². The Hall–Kier alpha value is -0.810. The normalized spacial score (nSPS) is 30.3. The molecule has 4 atom stereocenters. The van der Waals surface area contributed by atoms with Crippen LogP contribution in [0.3, 0.4) is 0 Å². The van der Waals surface area contributed by atoms with Crippen molar-refractivity contribution in [2.75, 3.05) is 13.7 Å². The van der Waals surface area contributed by atoms with Gasteiger partial charge in [0.15, 0.2) is 0 Å². The molecule has 112 valence electrons. The van der Waals surface area contributed by atoms with Crippen LogP contribution in [0, 0.1) is 11.3 Å². The number of rotatable bonds is 6. The number of nitrogens with one attached hydrogen (secondary N) is 2. The van der Waals surface area contributed by atoms with Gasteiger partial charge in [-0.1, -0.05) is 20.8 Å². The third kappa shape index (κ3) is 2.87. The minimum absolute atomic E-state index is 0.0218. The maximum Gasteiger partial charge on any atom is 0.315 e. The summed E-state index contributed by atoms with van der Waals surface area (Å²) in [5.74, 6) is 0.306. The molecule has 0 aliphatic heterocycles. The van der Waals surface area contributed by atoms with Crippen molar-refractivity contribution < 1.29 is 14.6 Å². The van der Waals surface area contributed by atoms with Crippen molar-refractivity contribution in [3.63, 3.8) is 0 Å². The zero-order valence-electron chi connectivity index (χ0n) is 12.7. The van der Waals surface area contributed by atoms with Gasteiger partial charge in [0, 0.05) is 24.5 Å². The Balaban J connectivity index is 2.68. The molecule has 0 saturated heterocycles. The Morgan fingerprint density at radius 3 is 2.42 bits per heavy atom. The van der Waals surface area contributed by atoms with Crippen molar-refractivity contribution in [2.24, 2.45) is 11.3 Å². The summed E-state index contributed by atoms with van der Waals surface area (Å²) >= 11 is 0. The molecule has 0 spiro atoms. The van der Waals surface area contributed by atoms with Crippen molar-refractivity contribution >= 4 is 6.03 Å². The molecule has 0 aromatic rings. The van der Waals surface area contributed by atoms with Gasteiger partial charge >= 0.3 is 6.03 Å². The zero-order valence-corrected chi connectivity index (χ0v) is 12.7. The number of urea groups is 1. The van der Waals surface area contributed by atoms with Crippen LogP contribution in [0.4, 0.5) is 4.79 Å². The van der Waals surface area contributed by atoms with E-state index in [2.05, 4.69) is 31.4 Å². The minimum Gasteiger partial charge on any atom is -0.394 e. The number of aliphatic hydroxyl groups excluding tert-OH is 1. The van der Waals surface area contributed by atoms with E-state index in [1.165, 1.54) is 0 Å². The topological polar surface area (TPSA) is 70.6 Å². The van der Waals surface area contributed by atoms with Crippen LogP contribution in [0.25, 0.3) is 0 Å². The van der Waals surface area contributed by atoms with Gasteiger partial charge in [0.25, 0.3) is 0 Å². The predicted molar refractivity (Wildman–Crippen MR) is 75.0 cm³/mol. The molecule has 1 saturated carbocycles. The number of aliphatic hydroxyl groups is 1. The molecule has 4 unspecified atom stereocenters. The van der Waals surface area contributed by atoms with Crippen LogP contribution in [0.2, 0.25) is 0 Å². The fourth-order valence-electron chi connectivity index (χ4n) is 3.55. The summed E-state index contributed by atoms with van der Waals surface area (Å²) in [5, 5.41) is 14.7. The standard InChI is InChI=1S/C14H28N2O3/c1-6-14(7-2)11(10(4)12(14)19-5)16-13(18)15-9(3)8-17/h9-12,17H,6-8H2,1-5H3,(H2,15,16,18). The quantitative estimate of drug-likeness (QED) is 0.686. The van der Waals surface area contributed by atoms with E-state index in [9.17, 15) is 4.79 Å². The van der Waals surface area contributed by atoms with E-state index in [-0.39, 0.29) is 36.2 Å².